The number of rotatable bonds is 4. The highest BCUT2D eigenvalue weighted by Crippen LogP contribution is 2.08. The van der Waals surface area contributed by atoms with Gasteiger partial charge >= 0.3 is 0 Å². The van der Waals surface area contributed by atoms with Crippen LogP contribution in [0, 0.1) is 0 Å². The van der Waals surface area contributed by atoms with Gasteiger partial charge in [-0.25, -0.2) is 4.68 Å². The number of aromatic hydroxyl groups is 1. The predicted molar refractivity (Wildman–Crippen MR) is 60.0 cm³/mol. The number of hydrogen-bond acceptors (Lipinski definition) is 4. The summed E-state index contributed by atoms with van der Waals surface area (Å²) in [4.78, 5) is 11.5. The van der Waals surface area contributed by atoms with Crippen LogP contribution in [0.25, 0.3) is 0 Å². The third-order valence-electron chi connectivity index (χ3n) is 2.20. The molecule has 0 spiro atoms. The van der Waals surface area contributed by atoms with Crippen LogP contribution in [0.2, 0.25) is 0 Å². The SMILES string of the molecule is O=C(Cn1ccnn1)NCc1ccc(O)cc1. The molecule has 0 bridgehead atoms. The van der Waals surface area contributed by atoms with E-state index in [2.05, 4.69) is 15.6 Å². The molecule has 2 aromatic rings. The van der Waals surface area contributed by atoms with Crippen LogP contribution < -0.4 is 5.32 Å². The minimum Gasteiger partial charge on any atom is -0.508 e. The Hall–Kier alpha value is -2.37. The number of carbonyl (C=O) groups is 1. The first kappa shape index (κ1) is 11.1. The van der Waals surface area contributed by atoms with Crippen LogP contribution in [0.15, 0.2) is 36.7 Å². The third-order valence-corrected chi connectivity index (χ3v) is 2.20. The van der Waals surface area contributed by atoms with E-state index in [0.717, 1.165) is 5.56 Å². The van der Waals surface area contributed by atoms with E-state index in [9.17, 15) is 4.79 Å². The van der Waals surface area contributed by atoms with Crippen molar-refractivity contribution in [2.75, 3.05) is 0 Å². The van der Waals surface area contributed by atoms with Gasteiger partial charge in [0.05, 0.1) is 6.20 Å². The third kappa shape index (κ3) is 3.30. The Morgan fingerprint density at radius 3 is 2.76 bits per heavy atom. The van der Waals surface area contributed by atoms with Gasteiger partial charge in [0.1, 0.15) is 12.3 Å². The number of nitrogens with zero attached hydrogens (tertiary/aromatic N) is 3. The average molecular weight is 232 g/mol. The largest absolute Gasteiger partial charge is 0.508 e. The van der Waals surface area contributed by atoms with E-state index in [1.54, 1.807) is 30.5 Å². The molecular formula is C11H12N4O2. The molecule has 6 heteroatoms. The Morgan fingerprint density at radius 2 is 2.12 bits per heavy atom. The topological polar surface area (TPSA) is 80.0 Å². The van der Waals surface area contributed by atoms with E-state index in [1.165, 1.54) is 10.9 Å². The van der Waals surface area contributed by atoms with E-state index in [0.29, 0.717) is 6.54 Å². The monoisotopic (exact) mass is 232 g/mol. The molecule has 6 nitrogen and oxygen atoms in total. The molecule has 2 rings (SSSR count). The van der Waals surface area contributed by atoms with Gasteiger partial charge in [0.15, 0.2) is 0 Å². The molecule has 1 aromatic carbocycles. The molecule has 1 aromatic heterocycles. The summed E-state index contributed by atoms with van der Waals surface area (Å²) in [7, 11) is 0. The minimum atomic E-state index is -0.136. The summed E-state index contributed by atoms with van der Waals surface area (Å²) in [5.74, 6) is 0.0752. The van der Waals surface area contributed by atoms with Crippen molar-refractivity contribution >= 4 is 5.91 Å². The van der Waals surface area contributed by atoms with Gasteiger partial charge in [-0.3, -0.25) is 4.79 Å². The summed E-state index contributed by atoms with van der Waals surface area (Å²) in [6, 6.07) is 6.67. The lowest BCUT2D eigenvalue weighted by Gasteiger charge is -2.05. The van der Waals surface area contributed by atoms with E-state index in [1.807, 2.05) is 0 Å². The van der Waals surface area contributed by atoms with Crippen molar-refractivity contribution < 1.29 is 9.90 Å². The van der Waals surface area contributed by atoms with Gasteiger partial charge in [0.25, 0.3) is 0 Å². The maximum atomic E-state index is 11.5. The molecule has 88 valence electrons. The molecule has 0 fully saturated rings. The van der Waals surface area contributed by atoms with Crippen LogP contribution in [-0.2, 0) is 17.9 Å². The highest BCUT2D eigenvalue weighted by Gasteiger charge is 2.02. The van der Waals surface area contributed by atoms with E-state index in [-0.39, 0.29) is 18.2 Å². The lowest BCUT2D eigenvalue weighted by molar-refractivity contribution is -0.122. The number of nitrogens with one attached hydrogen (secondary N) is 1. The number of benzene rings is 1. The molecule has 0 aliphatic carbocycles. The first-order valence-corrected chi connectivity index (χ1v) is 5.13. The summed E-state index contributed by atoms with van der Waals surface area (Å²) >= 11 is 0. The summed E-state index contributed by atoms with van der Waals surface area (Å²) in [5.41, 5.74) is 0.926. The molecular weight excluding hydrogens is 220 g/mol. The fourth-order valence-corrected chi connectivity index (χ4v) is 1.33. The van der Waals surface area contributed by atoms with Crippen LogP contribution in [-0.4, -0.2) is 26.0 Å². The van der Waals surface area contributed by atoms with Crippen molar-refractivity contribution in [1.29, 1.82) is 0 Å². The summed E-state index contributed by atoms with van der Waals surface area (Å²) in [5, 5.41) is 19.2. The van der Waals surface area contributed by atoms with Gasteiger partial charge in [-0.2, -0.15) is 0 Å². The van der Waals surface area contributed by atoms with E-state index in [4.69, 9.17) is 5.11 Å². The summed E-state index contributed by atoms with van der Waals surface area (Å²) in [6.07, 6.45) is 3.15. The Bertz CT molecular complexity index is 479. The second-order valence-electron chi connectivity index (χ2n) is 3.54. The zero-order chi connectivity index (χ0) is 12.1. The van der Waals surface area contributed by atoms with Crippen LogP contribution in [0.1, 0.15) is 5.56 Å². The Balaban J connectivity index is 1.82. The van der Waals surface area contributed by atoms with Crippen molar-refractivity contribution in [3.8, 4) is 5.75 Å². The minimum absolute atomic E-state index is 0.136. The second kappa shape index (κ2) is 5.11. The van der Waals surface area contributed by atoms with Gasteiger partial charge in [0, 0.05) is 12.7 Å². The standard InChI is InChI=1S/C11H12N4O2/c16-10-3-1-9(2-4-10)7-12-11(17)8-15-6-5-13-14-15/h1-6,16H,7-8H2,(H,12,17). The number of hydrogen-bond donors (Lipinski definition) is 2. The van der Waals surface area contributed by atoms with Crippen molar-refractivity contribution in [3.63, 3.8) is 0 Å². The average Bonchev–Trinajstić information content (AvgIpc) is 2.81. The molecule has 0 aliphatic rings. The molecule has 0 aliphatic heterocycles. The van der Waals surface area contributed by atoms with Crippen LogP contribution >= 0.6 is 0 Å². The highest BCUT2D eigenvalue weighted by atomic mass is 16.3. The molecule has 0 saturated heterocycles. The van der Waals surface area contributed by atoms with Crippen molar-refractivity contribution in [2.24, 2.45) is 0 Å². The van der Waals surface area contributed by atoms with Crippen molar-refractivity contribution in [3.05, 3.63) is 42.2 Å². The molecule has 0 atom stereocenters. The fourth-order valence-electron chi connectivity index (χ4n) is 1.33. The molecule has 2 N–H and O–H groups in total. The van der Waals surface area contributed by atoms with Gasteiger partial charge in [-0.15, -0.1) is 5.10 Å². The highest BCUT2D eigenvalue weighted by molar-refractivity contribution is 5.75. The first-order valence-electron chi connectivity index (χ1n) is 5.13. The number of aromatic nitrogens is 3. The Kier molecular flexibility index (Phi) is 3.34. The molecule has 1 amide bonds. The summed E-state index contributed by atoms with van der Waals surface area (Å²) < 4.78 is 1.45. The van der Waals surface area contributed by atoms with E-state index >= 15 is 0 Å². The molecule has 0 unspecified atom stereocenters. The van der Waals surface area contributed by atoms with E-state index < -0.39 is 0 Å². The Morgan fingerprint density at radius 1 is 1.35 bits per heavy atom. The maximum Gasteiger partial charge on any atom is 0.242 e. The van der Waals surface area contributed by atoms with Crippen molar-refractivity contribution in [1.82, 2.24) is 20.3 Å². The van der Waals surface area contributed by atoms with Gasteiger partial charge < -0.3 is 10.4 Å². The Labute approximate surface area is 97.9 Å². The van der Waals surface area contributed by atoms with Gasteiger partial charge in [0.2, 0.25) is 5.91 Å². The van der Waals surface area contributed by atoms with Crippen LogP contribution in [0.3, 0.4) is 0 Å². The number of phenolic OH excluding ortho intramolecular Hbond substituents is 1. The molecule has 0 radical (unpaired) electrons. The molecule has 0 saturated carbocycles. The maximum absolute atomic E-state index is 11.5. The lowest BCUT2D eigenvalue weighted by atomic mass is 10.2. The van der Waals surface area contributed by atoms with Crippen LogP contribution in [0.5, 0.6) is 5.75 Å². The smallest absolute Gasteiger partial charge is 0.242 e. The fraction of sp³-hybridized carbons (Fsp3) is 0.182. The number of amides is 1. The molecule has 1 heterocycles. The predicted octanol–water partition coefficient (Wildman–Crippen LogP) is 0.300. The van der Waals surface area contributed by atoms with Crippen LogP contribution in [0.4, 0.5) is 0 Å². The lowest BCUT2D eigenvalue weighted by Crippen LogP contribution is -2.27. The number of phenols is 1. The normalized spacial score (nSPS) is 10.1. The first-order chi connectivity index (χ1) is 8.24. The zero-order valence-corrected chi connectivity index (χ0v) is 9.08. The quantitative estimate of drug-likeness (QED) is 0.794. The molecule has 17 heavy (non-hydrogen) atoms. The van der Waals surface area contributed by atoms with Crippen molar-refractivity contribution in [2.45, 2.75) is 13.1 Å². The number of carbonyl (C=O) groups excluding carboxylic acids is 1. The van der Waals surface area contributed by atoms with Gasteiger partial charge in [-0.1, -0.05) is 17.3 Å². The van der Waals surface area contributed by atoms with Gasteiger partial charge in [-0.05, 0) is 17.7 Å². The zero-order valence-electron chi connectivity index (χ0n) is 9.08. The summed E-state index contributed by atoms with van der Waals surface area (Å²) in [6.45, 7) is 0.575. The second-order valence-corrected chi connectivity index (χ2v) is 3.54.